The zero-order chi connectivity index (χ0) is 26.5. The lowest BCUT2D eigenvalue weighted by Crippen LogP contribution is -2.35. The van der Waals surface area contributed by atoms with Crippen LogP contribution in [0.1, 0.15) is 71.6 Å². The molecule has 1 heterocycles. The van der Waals surface area contributed by atoms with E-state index in [1.165, 1.54) is 12.8 Å². The van der Waals surface area contributed by atoms with Gasteiger partial charge < -0.3 is 20.7 Å². The number of amides is 1. The molecule has 38 heavy (non-hydrogen) atoms. The number of nitrogens with zero attached hydrogens (tertiary/aromatic N) is 1. The zero-order valence-corrected chi connectivity index (χ0v) is 22.2. The topological polar surface area (TPSA) is 91.4 Å². The maximum absolute atomic E-state index is 13.4. The van der Waals surface area contributed by atoms with Crippen molar-refractivity contribution in [2.24, 2.45) is 5.92 Å². The number of nitrogens with two attached hydrogens (primary N) is 1. The molecule has 0 radical (unpaired) electrons. The van der Waals surface area contributed by atoms with Crippen LogP contribution in [0.2, 0.25) is 0 Å². The molecule has 1 atom stereocenters. The van der Waals surface area contributed by atoms with E-state index in [0.29, 0.717) is 28.4 Å². The highest BCUT2D eigenvalue weighted by atomic mass is 16.5. The summed E-state index contributed by atoms with van der Waals surface area (Å²) >= 11 is 0. The molecule has 4 N–H and O–H groups in total. The lowest BCUT2D eigenvalue weighted by molar-refractivity contribution is 0.0921. The second-order valence-electron chi connectivity index (χ2n) is 10.7. The summed E-state index contributed by atoms with van der Waals surface area (Å²) < 4.78 is 6.16. The number of rotatable bonds is 8. The minimum atomic E-state index is -0.137. The number of hydrogen-bond donors (Lipinski definition) is 3. The SMILES string of the molecule is CN1CCC(Oc2ccc(C(=N)c3cc(C(=O)NC(c4ccccc4)C4CCCC4)ccc3N)cc2)CC1. The molecule has 5 rings (SSSR count). The summed E-state index contributed by atoms with van der Waals surface area (Å²) in [6.45, 7) is 2.09. The van der Waals surface area contributed by atoms with Crippen LogP contribution in [-0.4, -0.2) is 42.8 Å². The third-order valence-corrected chi connectivity index (χ3v) is 8.01. The Balaban J connectivity index is 1.30. The molecule has 0 spiro atoms. The Bertz CT molecular complexity index is 1240. The largest absolute Gasteiger partial charge is 0.490 e. The van der Waals surface area contributed by atoms with Crippen LogP contribution in [0.15, 0.2) is 72.8 Å². The van der Waals surface area contributed by atoms with Gasteiger partial charge in [0.15, 0.2) is 0 Å². The van der Waals surface area contributed by atoms with Gasteiger partial charge in [0.2, 0.25) is 0 Å². The van der Waals surface area contributed by atoms with Gasteiger partial charge in [-0.1, -0.05) is 43.2 Å². The molecule has 0 aromatic heterocycles. The van der Waals surface area contributed by atoms with Crippen LogP contribution in [0.25, 0.3) is 0 Å². The molecule has 2 fully saturated rings. The lowest BCUT2D eigenvalue weighted by Gasteiger charge is -2.29. The Morgan fingerprint density at radius 3 is 2.29 bits per heavy atom. The van der Waals surface area contributed by atoms with Crippen LogP contribution < -0.4 is 15.8 Å². The first-order chi connectivity index (χ1) is 18.5. The van der Waals surface area contributed by atoms with Crippen molar-refractivity contribution in [3.05, 3.63) is 95.1 Å². The lowest BCUT2D eigenvalue weighted by atomic mass is 9.91. The molecule has 1 saturated carbocycles. The van der Waals surface area contributed by atoms with Crippen molar-refractivity contribution in [1.29, 1.82) is 5.41 Å². The Labute approximate surface area is 225 Å². The minimum absolute atomic E-state index is 0.0243. The van der Waals surface area contributed by atoms with Crippen molar-refractivity contribution < 1.29 is 9.53 Å². The molecule has 3 aromatic rings. The van der Waals surface area contributed by atoms with Crippen molar-refractivity contribution >= 4 is 17.3 Å². The van der Waals surface area contributed by atoms with Crippen LogP contribution >= 0.6 is 0 Å². The molecule has 6 nitrogen and oxygen atoms in total. The first-order valence-electron chi connectivity index (χ1n) is 13.8. The molecule has 198 valence electrons. The number of benzene rings is 3. The van der Waals surface area contributed by atoms with E-state index in [-0.39, 0.29) is 18.1 Å². The summed E-state index contributed by atoms with van der Waals surface area (Å²) in [5, 5.41) is 12.1. The molecule has 2 aliphatic rings. The van der Waals surface area contributed by atoms with Crippen molar-refractivity contribution in [3.8, 4) is 5.75 Å². The number of carbonyl (C=O) groups excluding carboxylic acids is 1. The molecule has 3 aromatic carbocycles. The quantitative estimate of drug-likeness (QED) is 0.263. The number of carbonyl (C=O) groups is 1. The van der Waals surface area contributed by atoms with Crippen molar-refractivity contribution in [3.63, 3.8) is 0 Å². The summed E-state index contributed by atoms with van der Waals surface area (Å²) in [5.41, 5.74) is 9.99. The van der Waals surface area contributed by atoms with E-state index >= 15 is 0 Å². The summed E-state index contributed by atoms with van der Waals surface area (Å²) in [6, 6.07) is 23.0. The monoisotopic (exact) mass is 510 g/mol. The predicted molar refractivity (Wildman–Crippen MR) is 153 cm³/mol. The van der Waals surface area contributed by atoms with Crippen LogP contribution in [-0.2, 0) is 0 Å². The van der Waals surface area contributed by atoms with E-state index in [2.05, 4.69) is 29.4 Å². The highest BCUT2D eigenvalue weighted by molar-refractivity contribution is 6.14. The van der Waals surface area contributed by atoms with Gasteiger partial charge in [-0.2, -0.15) is 0 Å². The molecule has 1 aliphatic heterocycles. The van der Waals surface area contributed by atoms with Gasteiger partial charge in [-0.15, -0.1) is 0 Å². The van der Waals surface area contributed by atoms with Gasteiger partial charge in [-0.25, -0.2) is 0 Å². The Morgan fingerprint density at radius 2 is 1.61 bits per heavy atom. The number of nitrogens with one attached hydrogen (secondary N) is 2. The third kappa shape index (κ3) is 6.08. The van der Waals surface area contributed by atoms with E-state index in [0.717, 1.165) is 55.6 Å². The maximum atomic E-state index is 13.4. The Hall–Kier alpha value is -3.64. The van der Waals surface area contributed by atoms with Crippen LogP contribution in [0.5, 0.6) is 5.75 Å². The zero-order valence-electron chi connectivity index (χ0n) is 22.2. The number of anilines is 1. The summed E-state index contributed by atoms with van der Waals surface area (Å²) in [7, 11) is 2.14. The van der Waals surface area contributed by atoms with Crippen LogP contribution in [0, 0.1) is 11.3 Å². The van der Waals surface area contributed by atoms with Gasteiger partial charge in [-0.05, 0) is 86.7 Å². The molecule has 1 saturated heterocycles. The van der Waals surface area contributed by atoms with Crippen molar-refractivity contribution in [1.82, 2.24) is 10.2 Å². The fourth-order valence-electron chi connectivity index (χ4n) is 5.71. The van der Waals surface area contributed by atoms with Gasteiger partial charge in [-0.3, -0.25) is 10.2 Å². The van der Waals surface area contributed by atoms with Gasteiger partial charge in [0, 0.05) is 35.5 Å². The molecule has 1 unspecified atom stereocenters. The molecule has 1 amide bonds. The molecule has 6 heteroatoms. The maximum Gasteiger partial charge on any atom is 0.251 e. The Kier molecular flexibility index (Phi) is 8.08. The number of piperidine rings is 1. The van der Waals surface area contributed by atoms with E-state index in [4.69, 9.17) is 15.9 Å². The van der Waals surface area contributed by atoms with Gasteiger partial charge in [0.25, 0.3) is 5.91 Å². The standard InChI is InChI=1S/C32H38N4O2/c1-36-19-17-27(18-20-36)38-26-14-11-22(12-15-26)30(34)28-21-25(13-16-29(28)33)32(37)35-31(24-9-5-6-10-24)23-7-3-2-4-8-23/h2-4,7-8,11-16,21,24,27,31,34H,5-6,9-10,17-20,33H2,1H3,(H,35,37). The second kappa shape index (κ2) is 11.8. The van der Waals surface area contributed by atoms with Crippen LogP contribution in [0.4, 0.5) is 5.69 Å². The van der Waals surface area contributed by atoms with Crippen LogP contribution in [0.3, 0.4) is 0 Å². The first-order valence-corrected chi connectivity index (χ1v) is 13.8. The summed E-state index contributed by atoms with van der Waals surface area (Å²) in [6.07, 6.45) is 6.91. The van der Waals surface area contributed by atoms with E-state index in [1.54, 1.807) is 18.2 Å². The number of ether oxygens (including phenoxy) is 1. The fourth-order valence-corrected chi connectivity index (χ4v) is 5.71. The highest BCUT2D eigenvalue weighted by Gasteiger charge is 2.28. The van der Waals surface area contributed by atoms with Gasteiger partial charge in [0.1, 0.15) is 11.9 Å². The molecular formula is C32H38N4O2. The number of likely N-dealkylation sites (tertiary alicyclic amines) is 1. The number of hydrogen-bond acceptors (Lipinski definition) is 5. The highest BCUT2D eigenvalue weighted by Crippen LogP contribution is 2.36. The number of nitrogen functional groups attached to an aromatic ring is 1. The van der Waals surface area contributed by atoms with Crippen molar-refractivity contribution in [2.75, 3.05) is 25.9 Å². The average Bonchev–Trinajstić information content (AvgIpc) is 3.48. The van der Waals surface area contributed by atoms with E-state index in [9.17, 15) is 4.79 Å². The van der Waals surface area contributed by atoms with Gasteiger partial charge >= 0.3 is 0 Å². The third-order valence-electron chi connectivity index (χ3n) is 8.01. The van der Waals surface area contributed by atoms with E-state index in [1.807, 2.05) is 42.5 Å². The smallest absolute Gasteiger partial charge is 0.251 e. The van der Waals surface area contributed by atoms with Crippen molar-refractivity contribution in [2.45, 2.75) is 50.7 Å². The summed E-state index contributed by atoms with van der Waals surface area (Å²) in [5.74, 6) is 1.11. The minimum Gasteiger partial charge on any atom is -0.490 e. The Morgan fingerprint density at radius 1 is 0.947 bits per heavy atom. The normalized spacial score (nSPS) is 17.7. The molecule has 0 bridgehead atoms. The van der Waals surface area contributed by atoms with Gasteiger partial charge in [0.05, 0.1) is 11.8 Å². The second-order valence-corrected chi connectivity index (χ2v) is 10.7. The molecular weight excluding hydrogens is 472 g/mol. The summed E-state index contributed by atoms with van der Waals surface area (Å²) in [4.78, 5) is 15.7. The average molecular weight is 511 g/mol. The predicted octanol–water partition coefficient (Wildman–Crippen LogP) is 5.82. The van der Waals surface area contributed by atoms with E-state index < -0.39 is 0 Å². The first kappa shape index (κ1) is 26.0. The fraction of sp³-hybridized carbons (Fsp3) is 0.375. The molecule has 1 aliphatic carbocycles.